The van der Waals surface area contributed by atoms with E-state index in [9.17, 15) is 14.4 Å². The van der Waals surface area contributed by atoms with Crippen molar-refractivity contribution in [3.05, 3.63) is 142 Å². The molecule has 0 saturated carbocycles. The zero-order valence-electron chi connectivity index (χ0n) is 22.0. The normalized spacial score (nSPS) is 12.9. The lowest BCUT2D eigenvalue weighted by atomic mass is 9.97. The molecular weight excluding hydrogens is 500 g/mol. The van der Waals surface area contributed by atoms with Crippen LogP contribution in [0, 0.1) is 6.57 Å². The molecule has 5 rings (SSSR count). The molecule has 0 radical (unpaired) electrons. The minimum Gasteiger partial charge on any atom is -0.378 e. The molecule has 1 aliphatic rings. The van der Waals surface area contributed by atoms with E-state index in [1.807, 2.05) is 36.4 Å². The van der Waals surface area contributed by atoms with Gasteiger partial charge in [-0.25, -0.2) is 4.85 Å². The molecule has 0 N–H and O–H groups in total. The third-order valence-electron chi connectivity index (χ3n) is 7.05. The van der Waals surface area contributed by atoms with E-state index >= 15 is 0 Å². The summed E-state index contributed by atoms with van der Waals surface area (Å²) in [5.74, 6) is -0.141. The van der Waals surface area contributed by atoms with E-state index in [-0.39, 0.29) is 30.2 Å². The summed E-state index contributed by atoms with van der Waals surface area (Å²) >= 11 is 0. The van der Waals surface area contributed by atoms with Crippen molar-refractivity contribution in [1.29, 1.82) is 0 Å². The van der Waals surface area contributed by atoms with Crippen LogP contribution in [-0.4, -0.2) is 43.7 Å². The Bertz CT molecular complexity index is 1540. The Morgan fingerprint density at radius 2 is 1.05 bits per heavy atom. The molecule has 1 aliphatic heterocycles. The van der Waals surface area contributed by atoms with Gasteiger partial charge >= 0.3 is 0 Å². The first-order chi connectivity index (χ1) is 19.5. The van der Waals surface area contributed by atoms with Crippen LogP contribution in [0.25, 0.3) is 4.85 Å². The number of Topliss-reactive ketones (excluding diaryl/α,β-unsaturated/α-hetero) is 2. The molecule has 0 aromatic heterocycles. The Balaban J connectivity index is 1.17. The maximum absolute atomic E-state index is 13.0. The van der Waals surface area contributed by atoms with Crippen molar-refractivity contribution in [2.24, 2.45) is 0 Å². The maximum atomic E-state index is 13.0. The number of hydrogen-bond acceptors (Lipinski definition) is 5. The first-order valence-electron chi connectivity index (χ1n) is 13.2. The van der Waals surface area contributed by atoms with Crippen molar-refractivity contribution in [2.75, 3.05) is 31.2 Å². The van der Waals surface area contributed by atoms with Gasteiger partial charge in [0.2, 0.25) is 0 Å². The van der Waals surface area contributed by atoms with Crippen LogP contribution in [0.2, 0.25) is 0 Å². The van der Waals surface area contributed by atoms with Crippen LogP contribution in [-0.2, 0) is 17.6 Å². The number of rotatable bonds is 9. The van der Waals surface area contributed by atoms with Crippen molar-refractivity contribution in [3.8, 4) is 0 Å². The van der Waals surface area contributed by atoms with Gasteiger partial charge in [0.05, 0.1) is 19.8 Å². The summed E-state index contributed by atoms with van der Waals surface area (Å²) < 4.78 is 5.40. The highest BCUT2D eigenvalue weighted by molar-refractivity contribution is 6.09. The third kappa shape index (κ3) is 6.40. The van der Waals surface area contributed by atoms with Crippen molar-refractivity contribution in [2.45, 2.75) is 12.8 Å². The standard InChI is InChI=1S/C34H28N2O4/c1-35-30-14-10-26(11-15-30)32(37)22-24-2-6-28(7-3-24)34(39)29-8-4-25(5-9-29)23-33(38)27-12-16-31(17-13-27)36-18-20-40-21-19-36/h2-17H,18-23H2. The number of nitrogens with zero attached hydrogens (tertiary/aromatic N) is 2. The van der Waals surface area contributed by atoms with Gasteiger partial charge in [-0.2, -0.15) is 0 Å². The van der Waals surface area contributed by atoms with E-state index < -0.39 is 0 Å². The van der Waals surface area contributed by atoms with E-state index in [2.05, 4.69) is 9.74 Å². The van der Waals surface area contributed by atoms with Gasteiger partial charge in [-0.15, -0.1) is 0 Å². The average Bonchev–Trinajstić information content (AvgIpc) is 3.02. The molecule has 198 valence electrons. The molecule has 0 spiro atoms. The van der Waals surface area contributed by atoms with Gasteiger partial charge in [0.15, 0.2) is 23.0 Å². The minimum atomic E-state index is -0.121. The predicted molar refractivity (Wildman–Crippen MR) is 155 cm³/mol. The molecule has 4 aromatic carbocycles. The van der Waals surface area contributed by atoms with Gasteiger partial charge < -0.3 is 9.64 Å². The lowest BCUT2D eigenvalue weighted by Crippen LogP contribution is -2.36. The van der Waals surface area contributed by atoms with Gasteiger partial charge in [-0.1, -0.05) is 72.8 Å². The fourth-order valence-electron chi connectivity index (χ4n) is 4.69. The molecule has 0 atom stereocenters. The molecule has 6 nitrogen and oxygen atoms in total. The number of ketones is 3. The average molecular weight is 529 g/mol. The molecule has 1 heterocycles. The van der Waals surface area contributed by atoms with Crippen LogP contribution in [0.5, 0.6) is 0 Å². The molecule has 6 heteroatoms. The first kappa shape index (κ1) is 26.7. The number of carbonyl (C=O) groups is 3. The van der Waals surface area contributed by atoms with Crippen molar-refractivity contribution >= 4 is 28.7 Å². The summed E-state index contributed by atoms with van der Waals surface area (Å²) in [6, 6.07) is 28.4. The molecule has 1 fully saturated rings. The largest absolute Gasteiger partial charge is 0.378 e. The summed E-state index contributed by atoms with van der Waals surface area (Å²) in [6.45, 7) is 10.1. The van der Waals surface area contributed by atoms with Gasteiger partial charge in [0.1, 0.15) is 0 Å². The Morgan fingerprint density at radius 1 is 0.625 bits per heavy atom. The van der Waals surface area contributed by atoms with Crippen LogP contribution in [0.4, 0.5) is 11.4 Å². The highest BCUT2D eigenvalue weighted by Gasteiger charge is 2.14. The third-order valence-corrected chi connectivity index (χ3v) is 7.05. The lowest BCUT2D eigenvalue weighted by Gasteiger charge is -2.28. The Kier molecular flexibility index (Phi) is 8.24. The van der Waals surface area contributed by atoms with Crippen molar-refractivity contribution in [1.82, 2.24) is 0 Å². The Morgan fingerprint density at radius 3 is 1.50 bits per heavy atom. The molecular formula is C34H28N2O4. The SMILES string of the molecule is [C-]#[N+]c1ccc(C(=O)Cc2ccc(C(=O)c3ccc(CC(=O)c4ccc(N5CCOCC5)cc4)cc3)cc2)cc1. The predicted octanol–water partition coefficient (Wildman–Crippen LogP) is 6.16. The van der Waals surface area contributed by atoms with E-state index in [1.54, 1.807) is 60.7 Å². The van der Waals surface area contributed by atoms with Crippen LogP contribution in [0.3, 0.4) is 0 Å². The number of hydrogen-bond donors (Lipinski definition) is 0. The zero-order chi connectivity index (χ0) is 27.9. The van der Waals surface area contributed by atoms with Gasteiger partial charge in [0, 0.05) is 53.9 Å². The number of ether oxygens (including phenoxy) is 1. The second-order valence-corrected chi connectivity index (χ2v) is 9.73. The summed E-state index contributed by atoms with van der Waals surface area (Å²) in [4.78, 5) is 44.0. The molecule has 40 heavy (non-hydrogen) atoms. The Hall–Kier alpha value is -4.86. The second-order valence-electron chi connectivity index (χ2n) is 9.73. The van der Waals surface area contributed by atoms with Crippen LogP contribution >= 0.6 is 0 Å². The second kappa shape index (κ2) is 12.3. The van der Waals surface area contributed by atoms with Gasteiger partial charge in [-0.05, 0) is 35.4 Å². The number of anilines is 1. The monoisotopic (exact) mass is 528 g/mol. The van der Waals surface area contributed by atoms with Gasteiger partial charge in [-0.3, -0.25) is 14.4 Å². The molecule has 0 aliphatic carbocycles. The fraction of sp³-hybridized carbons (Fsp3) is 0.176. The molecule has 0 unspecified atom stereocenters. The topological polar surface area (TPSA) is 68.0 Å². The number of carbonyl (C=O) groups excluding carboxylic acids is 3. The molecule has 4 aromatic rings. The van der Waals surface area contributed by atoms with E-state index in [4.69, 9.17) is 11.3 Å². The number of morpholine rings is 1. The molecule has 0 amide bonds. The Labute approximate surface area is 233 Å². The highest BCUT2D eigenvalue weighted by Crippen LogP contribution is 2.19. The van der Waals surface area contributed by atoms with E-state index in [1.165, 1.54) is 0 Å². The fourth-order valence-corrected chi connectivity index (χ4v) is 4.69. The quantitative estimate of drug-likeness (QED) is 0.192. The first-order valence-corrected chi connectivity index (χ1v) is 13.2. The zero-order valence-corrected chi connectivity index (χ0v) is 22.0. The minimum absolute atomic E-state index is 0.0278. The van der Waals surface area contributed by atoms with Crippen LogP contribution in [0.15, 0.2) is 97.1 Å². The number of benzene rings is 4. The summed E-state index contributed by atoms with van der Waals surface area (Å²) in [7, 11) is 0. The van der Waals surface area contributed by atoms with Crippen molar-refractivity contribution in [3.63, 3.8) is 0 Å². The summed E-state index contributed by atoms with van der Waals surface area (Å²) in [6.07, 6.45) is 0.471. The lowest BCUT2D eigenvalue weighted by molar-refractivity contribution is 0.0984. The van der Waals surface area contributed by atoms with E-state index in [0.29, 0.717) is 41.2 Å². The summed E-state index contributed by atoms with van der Waals surface area (Å²) in [5, 5.41) is 0. The van der Waals surface area contributed by atoms with Crippen molar-refractivity contribution < 1.29 is 19.1 Å². The van der Waals surface area contributed by atoms with E-state index in [0.717, 1.165) is 29.9 Å². The highest BCUT2D eigenvalue weighted by atomic mass is 16.5. The van der Waals surface area contributed by atoms with Gasteiger partial charge in [0.25, 0.3) is 0 Å². The van der Waals surface area contributed by atoms with Crippen LogP contribution < -0.4 is 4.90 Å². The maximum Gasteiger partial charge on any atom is 0.193 e. The van der Waals surface area contributed by atoms with Crippen LogP contribution in [0.1, 0.15) is 47.8 Å². The smallest absolute Gasteiger partial charge is 0.193 e. The summed E-state index contributed by atoms with van der Waals surface area (Å²) in [5.41, 5.74) is 5.52. The molecule has 0 bridgehead atoms. The molecule has 1 saturated heterocycles.